The van der Waals surface area contributed by atoms with E-state index in [2.05, 4.69) is 111 Å². The van der Waals surface area contributed by atoms with E-state index in [4.69, 9.17) is 0 Å². The average Bonchev–Trinajstić information content (AvgIpc) is 3.57. The molecule has 0 radical (unpaired) electrons. The first kappa shape index (κ1) is 20.9. The molecule has 2 atom stereocenters. The molecule has 2 heteroatoms. The van der Waals surface area contributed by atoms with Gasteiger partial charge in [-0.1, -0.05) is 62.4 Å². The molecule has 164 valence electrons. The number of thiophene rings is 2. The Morgan fingerprint density at radius 2 is 1.06 bits per heavy atom. The molecule has 2 heterocycles. The van der Waals surface area contributed by atoms with E-state index in [1.165, 1.54) is 54.3 Å². The second kappa shape index (κ2) is 7.68. The Labute approximate surface area is 205 Å². The van der Waals surface area contributed by atoms with Crippen molar-refractivity contribution in [3.63, 3.8) is 0 Å². The van der Waals surface area contributed by atoms with Crippen LogP contribution in [0, 0.1) is 19.3 Å². The summed E-state index contributed by atoms with van der Waals surface area (Å²) in [7, 11) is 0. The van der Waals surface area contributed by atoms with E-state index in [1.54, 1.807) is 0 Å². The van der Waals surface area contributed by atoms with Gasteiger partial charge < -0.3 is 0 Å². The van der Waals surface area contributed by atoms with E-state index >= 15 is 0 Å². The zero-order valence-electron chi connectivity index (χ0n) is 19.6. The first-order chi connectivity index (χ1) is 15.9. The normalized spacial score (nSPS) is 19.3. The van der Waals surface area contributed by atoms with Gasteiger partial charge >= 0.3 is 0 Å². The van der Waals surface area contributed by atoms with Crippen LogP contribution in [0.3, 0.4) is 0 Å². The van der Waals surface area contributed by atoms with Crippen molar-refractivity contribution in [1.82, 2.24) is 0 Å². The highest BCUT2D eigenvalue weighted by molar-refractivity contribution is 7.11. The summed E-state index contributed by atoms with van der Waals surface area (Å²) in [5.74, 6) is 0.680. The van der Waals surface area contributed by atoms with Crippen LogP contribution >= 0.6 is 22.7 Å². The number of hydrogen-bond donors (Lipinski definition) is 0. The number of fused-ring (bicyclic) bond motifs is 2. The van der Waals surface area contributed by atoms with E-state index in [1.807, 2.05) is 22.7 Å². The third-order valence-electron chi connectivity index (χ3n) is 7.38. The Bertz CT molecular complexity index is 1310. The van der Waals surface area contributed by atoms with Gasteiger partial charge in [-0.2, -0.15) is 0 Å². The van der Waals surface area contributed by atoms with Crippen LogP contribution in [0.5, 0.6) is 0 Å². The molecule has 0 N–H and O–H groups in total. The van der Waals surface area contributed by atoms with Crippen LogP contribution in [-0.4, -0.2) is 0 Å². The van der Waals surface area contributed by atoms with Crippen molar-refractivity contribution < 1.29 is 0 Å². The maximum atomic E-state index is 2.50. The van der Waals surface area contributed by atoms with Crippen LogP contribution < -0.4 is 0 Å². The molecule has 2 unspecified atom stereocenters. The molecule has 2 aliphatic carbocycles. The van der Waals surface area contributed by atoms with E-state index in [0.717, 1.165) is 0 Å². The van der Waals surface area contributed by atoms with Gasteiger partial charge in [0.05, 0.1) is 0 Å². The molecule has 2 aromatic heterocycles. The quantitative estimate of drug-likeness (QED) is 0.282. The highest BCUT2D eigenvalue weighted by Gasteiger charge is 2.47. The SMILES string of the molecule is Cc1csc(C2=Cc3ccccc3C2C(C)(C)C2C(c3cc(C)cs3)=Cc3ccccc32)c1. The maximum Gasteiger partial charge on any atom is 0.0311 e. The topological polar surface area (TPSA) is 0 Å². The van der Waals surface area contributed by atoms with Crippen LogP contribution in [-0.2, 0) is 0 Å². The zero-order chi connectivity index (χ0) is 22.7. The molecule has 0 bridgehead atoms. The van der Waals surface area contributed by atoms with Gasteiger partial charge in [-0.15, -0.1) is 22.7 Å². The lowest BCUT2D eigenvalue weighted by Gasteiger charge is -2.41. The number of aryl methyl sites for hydroxylation is 2. The summed E-state index contributed by atoms with van der Waals surface area (Å²) in [4.78, 5) is 2.82. The standard InChI is InChI=1S/C31H28S2/c1-19-13-27(32-17-19)25-15-21-9-5-7-11-23(21)29(25)31(3,4)30-24-12-8-6-10-22(24)16-26(30)28-14-20(2)18-33-28/h5-18,29-30H,1-4H3. The number of hydrogen-bond acceptors (Lipinski definition) is 2. The fourth-order valence-electron chi connectivity index (χ4n) is 6.01. The van der Waals surface area contributed by atoms with E-state index in [9.17, 15) is 0 Å². The Kier molecular flexibility index (Phi) is 4.87. The van der Waals surface area contributed by atoms with Crippen LogP contribution in [0.15, 0.2) is 71.4 Å². The van der Waals surface area contributed by atoms with Gasteiger partial charge in [0.2, 0.25) is 0 Å². The highest BCUT2D eigenvalue weighted by atomic mass is 32.1. The van der Waals surface area contributed by atoms with Crippen molar-refractivity contribution in [1.29, 1.82) is 0 Å². The predicted molar refractivity (Wildman–Crippen MR) is 146 cm³/mol. The fraction of sp³-hybridized carbons (Fsp3) is 0.226. The van der Waals surface area contributed by atoms with Gasteiger partial charge in [-0.3, -0.25) is 0 Å². The lowest BCUT2D eigenvalue weighted by molar-refractivity contribution is 0.304. The van der Waals surface area contributed by atoms with E-state index < -0.39 is 0 Å². The molecule has 2 aromatic carbocycles. The molecule has 2 aliphatic rings. The molecule has 0 saturated heterocycles. The first-order valence-corrected chi connectivity index (χ1v) is 13.4. The van der Waals surface area contributed by atoms with Gasteiger partial charge in [-0.25, -0.2) is 0 Å². The van der Waals surface area contributed by atoms with Crippen molar-refractivity contribution in [2.75, 3.05) is 0 Å². The summed E-state index contributed by atoms with van der Waals surface area (Å²) in [5.41, 5.74) is 11.3. The van der Waals surface area contributed by atoms with Crippen LogP contribution in [0.1, 0.15) is 68.8 Å². The Hall–Kier alpha value is -2.68. The minimum Gasteiger partial charge on any atom is -0.144 e. The molecule has 0 saturated carbocycles. The van der Waals surface area contributed by atoms with E-state index in [-0.39, 0.29) is 5.41 Å². The second-order valence-electron chi connectivity index (χ2n) is 10.1. The molecular weight excluding hydrogens is 436 g/mol. The molecule has 0 amide bonds. The molecule has 0 fully saturated rings. The summed E-state index contributed by atoms with van der Waals surface area (Å²) in [6, 6.07) is 22.8. The highest BCUT2D eigenvalue weighted by Crippen LogP contribution is 2.62. The monoisotopic (exact) mass is 464 g/mol. The summed E-state index contributed by atoms with van der Waals surface area (Å²) in [6.07, 6.45) is 4.90. The molecule has 0 nitrogen and oxygen atoms in total. The summed E-state index contributed by atoms with van der Waals surface area (Å²) in [5, 5.41) is 4.57. The van der Waals surface area contributed by atoms with Gasteiger partial charge in [0.1, 0.15) is 0 Å². The summed E-state index contributed by atoms with van der Waals surface area (Å²) >= 11 is 3.77. The van der Waals surface area contributed by atoms with Gasteiger partial charge in [-0.05, 0) is 98.8 Å². The van der Waals surface area contributed by atoms with Crippen molar-refractivity contribution in [2.24, 2.45) is 5.41 Å². The smallest absolute Gasteiger partial charge is 0.0311 e. The number of rotatable bonds is 4. The number of allylic oxidation sites excluding steroid dienone is 2. The molecule has 6 rings (SSSR count). The molecule has 33 heavy (non-hydrogen) atoms. The fourth-order valence-corrected chi connectivity index (χ4v) is 7.90. The minimum absolute atomic E-state index is 0.00728. The molecule has 0 aliphatic heterocycles. The summed E-state index contributed by atoms with van der Waals surface area (Å²) < 4.78 is 0. The second-order valence-corrected chi connectivity index (χ2v) is 11.9. The third kappa shape index (κ3) is 3.31. The van der Waals surface area contributed by atoms with Crippen LogP contribution in [0.4, 0.5) is 0 Å². The van der Waals surface area contributed by atoms with Gasteiger partial charge in [0.25, 0.3) is 0 Å². The largest absolute Gasteiger partial charge is 0.144 e. The zero-order valence-corrected chi connectivity index (χ0v) is 21.2. The Morgan fingerprint density at radius 1 is 0.636 bits per heavy atom. The lowest BCUT2D eigenvalue weighted by atomic mass is 9.62. The lowest BCUT2D eigenvalue weighted by Crippen LogP contribution is -2.29. The van der Waals surface area contributed by atoms with Crippen molar-refractivity contribution in [3.05, 3.63) is 115 Å². The Morgan fingerprint density at radius 3 is 1.45 bits per heavy atom. The number of benzene rings is 2. The molecular formula is C31H28S2. The van der Waals surface area contributed by atoms with Gasteiger partial charge in [0.15, 0.2) is 0 Å². The van der Waals surface area contributed by atoms with Crippen LogP contribution in [0.25, 0.3) is 23.3 Å². The molecule has 0 spiro atoms. The maximum absolute atomic E-state index is 2.50. The van der Waals surface area contributed by atoms with Gasteiger partial charge in [0, 0.05) is 21.6 Å². The van der Waals surface area contributed by atoms with Crippen molar-refractivity contribution in [2.45, 2.75) is 39.5 Å². The van der Waals surface area contributed by atoms with Crippen molar-refractivity contribution >= 4 is 46.0 Å². The molecule has 4 aromatic rings. The third-order valence-corrected chi connectivity index (χ3v) is 9.57. The summed E-state index contributed by atoms with van der Waals surface area (Å²) in [6.45, 7) is 9.40. The first-order valence-electron chi connectivity index (χ1n) is 11.7. The predicted octanol–water partition coefficient (Wildman–Crippen LogP) is 9.43. The average molecular weight is 465 g/mol. The van der Waals surface area contributed by atoms with Crippen LogP contribution in [0.2, 0.25) is 0 Å². The minimum atomic E-state index is -0.00728. The van der Waals surface area contributed by atoms with E-state index in [0.29, 0.717) is 11.8 Å². The Balaban J connectivity index is 1.54. The van der Waals surface area contributed by atoms with Crippen molar-refractivity contribution in [3.8, 4) is 0 Å².